The number of para-hydroxylation sites is 2. The number of anilines is 3. The Kier molecular flexibility index (Phi) is 6.21. The Balaban J connectivity index is 1.55. The molecular weight excluding hydrogens is 490 g/mol. The molecule has 6 rings (SSSR count). The van der Waals surface area contributed by atoms with Gasteiger partial charge < -0.3 is 5.32 Å². The van der Waals surface area contributed by atoms with Gasteiger partial charge in [0.05, 0.1) is 17.1 Å². The minimum absolute atomic E-state index is 0.258. The largest absolute Gasteiger partial charge is 0.320 e. The van der Waals surface area contributed by atoms with Crippen molar-refractivity contribution in [2.45, 2.75) is 25.3 Å². The maximum Gasteiger partial charge on any atom is 0.282 e. The summed E-state index contributed by atoms with van der Waals surface area (Å²) in [6, 6.07) is 36.1. The zero-order chi connectivity index (χ0) is 26.1. The third kappa shape index (κ3) is 4.05. The number of hydrazone groups is 2. The maximum absolute atomic E-state index is 13.6. The minimum Gasteiger partial charge on any atom is -0.320 e. The molecule has 2 aliphatic heterocycles. The van der Waals surface area contributed by atoms with Gasteiger partial charge in [-0.25, -0.2) is 10.0 Å². The summed E-state index contributed by atoms with van der Waals surface area (Å²) in [6.45, 7) is 4.18. The van der Waals surface area contributed by atoms with Crippen molar-refractivity contribution in [1.29, 1.82) is 0 Å². The van der Waals surface area contributed by atoms with Gasteiger partial charge in [0.25, 0.3) is 5.91 Å². The SMILES string of the molecule is CCC1=NN(c2ccccc2)[C@@]2(SC(C(=O)Nc3ccccc3)=NN2c2ccc(C)cc2)c2ccccc21. The average molecular weight is 518 g/mol. The number of rotatable bonds is 5. The van der Waals surface area contributed by atoms with E-state index in [1.54, 1.807) is 0 Å². The summed E-state index contributed by atoms with van der Waals surface area (Å²) >= 11 is 1.41. The molecular formula is C31H27N5OS. The summed E-state index contributed by atoms with van der Waals surface area (Å²) in [5.74, 6) is -0.258. The van der Waals surface area contributed by atoms with Gasteiger partial charge in [-0.15, -0.1) is 0 Å². The predicted molar refractivity (Wildman–Crippen MR) is 158 cm³/mol. The Labute approximate surface area is 226 Å². The minimum atomic E-state index is -0.949. The second-order valence-corrected chi connectivity index (χ2v) is 10.3. The number of aryl methyl sites for hydroxylation is 1. The van der Waals surface area contributed by atoms with Crippen LogP contribution in [0.25, 0.3) is 0 Å². The molecule has 0 saturated heterocycles. The summed E-state index contributed by atoms with van der Waals surface area (Å²) < 4.78 is 0. The van der Waals surface area contributed by atoms with Crippen LogP contribution < -0.4 is 15.3 Å². The molecule has 0 unspecified atom stereocenters. The summed E-state index contributed by atoms with van der Waals surface area (Å²) in [4.78, 5) is 12.7. The van der Waals surface area contributed by atoms with Crippen molar-refractivity contribution in [2.24, 2.45) is 10.2 Å². The molecule has 0 saturated carbocycles. The Morgan fingerprint density at radius 1 is 0.789 bits per heavy atom. The molecule has 4 aromatic rings. The average Bonchev–Trinajstić information content (AvgIpc) is 3.36. The van der Waals surface area contributed by atoms with E-state index in [1.807, 2.05) is 94.9 Å². The quantitative estimate of drug-likeness (QED) is 0.311. The third-order valence-corrected chi connectivity index (χ3v) is 7.96. The summed E-state index contributed by atoms with van der Waals surface area (Å²) in [5.41, 5.74) is 6.74. The molecule has 0 fully saturated rings. The molecule has 0 radical (unpaired) electrons. The van der Waals surface area contributed by atoms with Crippen LogP contribution in [0.15, 0.2) is 119 Å². The fourth-order valence-electron chi connectivity index (χ4n) is 4.81. The first-order valence-electron chi connectivity index (χ1n) is 12.6. The van der Waals surface area contributed by atoms with Gasteiger partial charge in [-0.2, -0.15) is 10.2 Å². The number of thioether (sulfide) groups is 1. The van der Waals surface area contributed by atoms with Crippen molar-refractivity contribution < 1.29 is 4.79 Å². The monoisotopic (exact) mass is 517 g/mol. The Bertz CT molecular complexity index is 1540. The van der Waals surface area contributed by atoms with E-state index >= 15 is 0 Å². The highest BCUT2D eigenvalue weighted by molar-refractivity contribution is 8.17. The van der Waals surface area contributed by atoms with Gasteiger partial charge >= 0.3 is 0 Å². The Morgan fingerprint density at radius 2 is 1.39 bits per heavy atom. The number of fused-ring (bicyclic) bond motifs is 2. The normalized spacial score (nSPS) is 18.2. The maximum atomic E-state index is 13.6. The van der Waals surface area contributed by atoms with Crippen molar-refractivity contribution in [3.63, 3.8) is 0 Å². The van der Waals surface area contributed by atoms with Crippen LogP contribution in [0.2, 0.25) is 0 Å². The zero-order valence-electron chi connectivity index (χ0n) is 21.2. The zero-order valence-corrected chi connectivity index (χ0v) is 22.0. The molecule has 38 heavy (non-hydrogen) atoms. The number of hydrogen-bond donors (Lipinski definition) is 1. The van der Waals surface area contributed by atoms with Crippen molar-refractivity contribution in [3.8, 4) is 0 Å². The van der Waals surface area contributed by atoms with Crippen LogP contribution in [0.4, 0.5) is 17.1 Å². The van der Waals surface area contributed by atoms with Crippen LogP contribution in [-0.2, 0) is 9.79 Å². The van der Waals surface area contributed by atoms with Crippen LogP contribution in [0.5, 0.6) is 0 Å². The fraction of sp³-hybridized carbons (Fsp3) is 0.129. The van der Waals surface area contributed by atoms with Gasteiger partial charge in [-0.05, 0) is 61.5 Å². The molecule has 1 amide bonds. The van der Waals surface area contributed by atoms with Crippen LogP contribution in [0, 0.1) is 6.92 Å². The first kappa shape index (κ1) is 24.0. The van der Waals surface area contributed by atoms with E-state index in [4.69, 9.17) is 10.2 Å². The van der Waals surface area contributed by atoms with Gasteiger partial charge in [-0.3, -0.25) is 4.79 Å². The summed E-state index contributed by atoms with van der Waals surface area (Å²) in [7, 11) is 0. The second-order valence-electron chi connectivity index (χ2n) is 9.18. The number of amides is 1. The first-order chi connectivity index (χ1) is 18.6. The van der Waals surface area contributed by atoms with Crippen LogP contribution in [0.3, 0.4) is 0 Å². The number of nitrogens with one attached hydrogen (secondary N) is 1. The Morgan fingerprint density at radius 3 is 2.11 bits per heavy atom. The van der Waals surface area contributed by atoms with Crippen molar-refractivity contribution in [1.82, 2.24) is 0 Å². The van der Waals surface area contributed by atoms with Crippen LogP contribution >= 0.6 is 11.8 Å². The molecule has 0 aromatic heterocycles. The van der Waals surface area contributed by atoms with Crippen LogP contribution in [0.1, 0.15) is 30.0 Å². The van der Waals surface area contributed by atoms with E-state index in [-0.39, 0.29) is 5.91 Å². The summed E-state index contributed by atoms with van der Waals surface area (Å²) in [5, 5.41) is 17.5. The van der Waals surface area contributed by atoms with E-state index in [0.29, 0.717) is 5.04 Å². The number of carbonyl (C=O) groups excluding carboxylic acids is 1. The highest BCUT2D eigenvalue weighted by atomic mass is 32.2. The molecule has 7 heteroatoms. The van der Waals surface area contributed by atoms with E-state index < -0.39 is 4.99 Å². The second kappa shape index (κ2) is 9.84. The number of hydrogen-bond acceptors (Lipinski definition) is 6. The molecule has 1 atom stereocenters. The Hall–Kier alpha value is -4.36. The van der Waals surface area contributed by atoms with E-state index in [0.717, 1.165) is 45.9 Å². The number of benzene rings is 4. The highest BCUT2D eigenvalue weighted by Gasteiger charge is 2.56. The number of carbonyl (C=O) groups is 1. The molecule has 1 N–H and O–H groups in total. The van der Waals surface area contributed by atoms with Gasteiger partial charge in [-0.1, -0.05) is 85.3 Å². The smallest absolute Gasteiger partial charge is 0.282 e. The summed E-state index contributed by atoms with van der Waals surface area (Å²) in [6.07, 6.45) is 0.772. The van der Waals surface area contributed by atoms with Crippen LogP contribution in [-0.4, -0.2) is 16.7 Å². The third-order valence-electron chi connectivity index (χ3n) is 6.65. The molecule has 1 spiro atoms. The van der Waals surface area contributed by atoms with Gasteiger partial charge in [0.1, 0.15) is 0 Å². The molecule has 0 bridgehead atoms. The lowest BCUT2D eigenvalue weighted by atomic mass is 9.96. The predicted octanol–water partition coefficient (Wildman–Crippen LogP) is 6.95. The standard InChI is InChI=1S/C31H27N5OS/c1-3-28-26-16-10-11-17-27(26)31(35(33-28)24-14-8-5-9-15-24)36(25-20-18-22(2)19-21-25)34-30(38-31)29(37)32-23-12-6-4-7-13-23/h4-21H,3H2,1-2H3,(H,32,37)/t31-/m0/s1. The lowest BCUT2D eigenvalue weighted by molar-refractivity contribution is -0.110. The molecule has 2 aliphatic rings. The fourth-order valence-corrected chi connectivity index (χ4v) is 6.10. The van der Waals surface area contributed by atoms with Crippen molar-refractivity contribution in [2.75, 3.05) is 15.3 Å². The van der Waals surface area contributed by atoms with E-state index in [2.05, 4.69) is 43.4 Å². The molecule has 6 nitrogen and oxygen atoms in total. The molecule has 4 aromatic carbocycles. The van der Waals surface area contributed by atoms with Crippen molar-refractivity contribution >= 4 is 45.5 Å². The van der Waals surface area contributed by atoms with E-state index in [1.165, 1.54) is 11.8 Å². The van der Waals surface area contributed by atoms with Gasteiger partial charge in [0.15, 0.2) is 5.04 Å². The van der Waals surface area contributed by atoms with Gasteiger partial charge in [0.2, 0.25) is 4.99 Å². The van der Waals surface area contributed by atoms with E-state index in [9.17, 15) is 4.79 Å². The highest BCUT2D eigenvalue weighted by Crippen LogP contribution is 2.54. The molecule has 2 heterocycles. The lowest BCUT2D eigenvalue weighted by Crippen LogP contribution is -2.54. The first-order valence-corrected chi connectivity index (χ1v) is 13.5. The molecule has 188 valence electrons. The number of nitrogens with zero attached hydrogens (tertiary/aromatic N) is 4. The topological polar surface area (TPSA) is 60.3 Å². The lowest BCUT2D eigenvalue weighted by Gasteiger charge is -2.47. The molecule has 0 aliphatic carbocycles. The van der Waals surface area contributed by atoms with Crippen molar-refractivity contribution in [3.05, 3.63) is 126 Å². The van der Waals surface area contributed by atoms with Gasteiger partial charge in [0, 0.05) is 16.8 Å².